The highest BCUT2D eigenvalue weighted by atomic mass is 35.5. The van der Waals surface area contributed by atoms with E-state index in [1.807, 2.05) is 13.0 Å². The van der Waals surface area contributed by atoms with Gasteiger partial charge in [0.05, 0.1) is 25.6 Å². The number of nitro benzene ring substituents is 1. The molecule has 3 aromatic carbocycles. The number of benzene rings is 3. The van der Waals surface area contributed by atoms with Crippen LogP contribution in [0.5, 0.6) is 5.75 Å². The minimum Gasteiger partial charge on any atom is -0.486 e. The van der Waals surface area contributed by atoms with Crippen molar-refractivity contribution < 1.29 is 14.5 Å². The number of thioether (sulfide) groups is 1. The summed E-state index contributed by atoms with van der Waals surface area (Å²) in [6.45, 7) is 1.90. The molecular formula is C24H16Cl3N3O4S. The number of hydrogen-bond donors (Lipinski definition) is 1. The number of ether oxygens (including phenoxy) is 1. The van der Waals surface area contributed by atoms with Gasteiger partial charge in [0.15, 0.2) is 10.9 Å². The molecule has 1 amide bonds. The predicted molar refractivity (Wildman–Crippen MR) is 141 cm³/mol. The topological polar surface area (TPSA) is 93.8 Å². The fourth-order valence-electron chi connectivity index (χ4n) is 3.17. The van der Waals surface area contributed by atoms with Gasteiger partial charge in [-0.15, -0.1) is 0 Å². The van der Waals surface area contributed by atoms with Crippen molar-refractivity contribution in [1.82, 2.24) is 5.32 Å². The number of rotatable bonds is 6. The molecule has 0 radical (unpaired) electrons. The number of nitro groups is 1. The number of halogens is 3. The third kappa shape index (κ3) is 5.97. The van der Waals surface area contributed by atoms with E-state index in [2.05, 4.69) is 10.3 Å². The first-order valence-electron chi connectivity index (χ1n) is 10.1. The highest BCUT2D eigenvalue weighted by molar-refractivity contribution is 8.18. The Balaban J connectivity index is 1.51. The molecule has 1 heterocycles. The van der Waals surface area contributed by atoms with Crippen molar-refractivity contribution in [1.29, 1.82) is 0 Å². The third-order valence-electron chi connectivity index (χ3n) is 4.93. The first kappa shape index (κ1) is 25.1. The van der Waals surface area contributed by atoms with E-state index in [-0.39, 0.29) is 34.0 Å². The molecule has 1 aliphatic heterocycles. The molecule has 1 fully saturated rings. The molecule has 0 atom stereocenters. The maximum atomic E-state index is 12.5. The molecule has 0 aromatic heterocycles. The van der Waals surface area contributed by atoms with Gasteiger partial charge < -0.3 is 10.1 Å². The lowest BCUT2D eigenvalue weighted by molar-refractivity contribution is -0.384. The van der Waals surface area contributed by atoms with E-state index in [1.54, 1.807) is 42.5 Å². The van der Waals surface area contributed by atoms with Crippen LogP contribution in [0, 0.1) is 17.0 Å². The molecular weight excluding hydrogens is 533 g/mol. The summed E-state index contributed by atoms with van der Waals surface area (Å²) in [5, 5.41) is 15.2. The normalized spacial score (nSPS) is 15.5. The van der Waals surface area contributed by atoms with Crippen molar-refractivity contribution in [2.24, 2.45) is 4.99 Å². The number of nitrogens with zero attached hydrogens (tertiary/aromatic N) is 2. The van der Waals surface area contributed by atoms with Crippen LogP contribution in [0.2, 0.25) is 15.1 Å². The van der Waals surface area contributed by atoms with Gasteiger partial charge in [-0.2, -0.15) is 0 Å². The lowest BCUT2D eigenvalue weighted by atomic mass is 10.2. The van der Waals surface area contributed by atoms with Crippen molar-refractivity contribution in [3.05, 3.63) is 101 Å². The number of carbonyl (C=O) groups is 1. The summed E-state index contributed by atoms with van der Waals surface area (Å²) < 4.78 is 5.72. The largest absolute Gasteiger partial charge is 0.486 e. The molecule has 4 rings (SSSR count). The third-order valence-corrected chi connectivity index (χ3v) is 6.82. The van der Waals surface area contributed by atoms with E-state index >= 15 is 0 Å². The monoisotopic (exact) mass is 547 g/mol. The molecule has 1 saturated heterocycles. The van der Waals surface area contributed by atoms with Crippen molar-refractivity contribution in [2.75, 3.05) is 0 Å². The van der Waals surface area contributed by atoms with Crippen LogP contribution in [0.4, 0.5) is 11.4 Å². The van der Waals surface area contributed by atoms with Crippen LogP contribution in [0.25, 0.3) is 6.08 Å². The highest BCUT2D eigenvalue weighted by Crippen LogP contribution is 2.37. The van der Waals surface area contributed by atoms with Gasteiger partial charge in [0, 0.05) is 17.2 Å². The number of amidine groups is 1. The lowest BCUT2D eigenvalue weighted by Crippen LogP contribution is -2.19. The minimum atomic E-state index is -0.477. The van der Waals surface area contributed by atoms with Crippen LogP contribution >= 0.6 is 46.6 Å². The molecule has 0 spiro atoms. The molecule has 3 aromatic rings. The van der Waals surface area contributed by atoms with E-state index in [4.69, 9.17) is 39.5 Å². The van der Waals surface area contributed by atoms with Gasteiger partial charge in [-0.05, 0) is 65.7 Å². The zero-order valence-corrected chi connectivity index (χ0v) is 21.1. The van der Waals surface area contributed by atoms with Crippen molar-refractivity contribution in [3.63, 3.8) is 0 Å². The van der Waals surface area contributed by atoms with Crippen molar-refractivity contribution in [3.8, 4) is 5.75 Å². The SMILES string of the molecule is Cc1c(Cl)cccc1N=C1NC(=O)/C(=C\c2cc(Cl)c(OCc3cccc([N+](=O)[O-])c3)c(Cl)c2)S1. The Hall–Kier alpha value is -3.04. The number of carbonyl (C=O) groups excluding carboxylic acids is 1. The molecule has 7 nitrogen and oxygen atoms in total. The van der Waals surface area contributed by atoms with Crippen LogP contribution in [-0.4, -0.2) is 16.0 Å². The summed E-state index contributed by atoms with van der Waals surface area (Å²) in [7, 11) is 0. The smallest absolute Gasteiger partial charge is 0.269 e. The number of nitrogens with one attached hydrogen (secondary N) is 1. The molecule has 0 aliphatic carbocycles. The Morgan fingerprint density at radius 3 is 2.51 bits per heavy atom. The van der Waals surface area contributed by atoms with Crippen LogP contribution in [0.15, 0.2) is 64.5 Å². The summed E-state index contributed by atoms with van der Waals surface area (Å²) in [4.78, 5) is 27.8. The van der Waals surface area contributed by atoms with E-state index in [1.165, 1.54) is 23.9 Å². The maximum Gasteiger partial charge on any atom is 0.269 e. The predicted octanol–water partition coefficient (Wildman–Crippen LogP) is 7.33. The van der Waals surface area contributed by atoms with Gasteiger partial charge >= 0.3 is 0 Å². The molecule has 1 N–H and O–H groups in total. The van der Waals surface area contributed by atoms with E-state index in [9.17, 15) is 14.9 Å². The Morgan fingerprint density at radius 1 is 1.09 bits per heavy atom. The molecule has 11 heteroatoms. The van der Waals surface area contributed by atoms with Crippen LogP contribution in [-0.2, 0) is 11.4 Å². The van der Waals surface area contributed by atoms with Crippen LogP contribution in [0.3, 0.4) is 0 Å². The fourth-order valence-corrected chi connectivity index (χ4v) is 4.79. The Kier molecular flexibility index (Phi) is 7.66. The second kappa shape index (κ2) is 10.7. The quantitative estimate of drug-likeness (QED) is 0.198. The Bertz CT molecular complexity index is 1390. The number of amides is 1. The average Bonchev–Trinajstić information content (AvgIpc) is 3.15. The van der Waals surface area contributed by atoms with Gasteiger partial charge in [-0.1, -0.05) is 53.0 Å². The van der Waals surface area contributed by atoms with Gasteiger partial charge in [0.2, 0.25) is 0 Å². The standard InChI is InChI=1S/C24H16Cl3N3O4S/c1-13-17(25)6-3-7-20(13)28-24-29-23(31)21(35-24)11-15-9-18(26)22(19(27)10-15)34-12-14-4-2-5-16(8-14)30(32)33/h2-11H,12H2,1H3,(H,28,29,31)/b21-11+. The lowest BCUT2D eigenvalue weighted by Gasteiger charge is -2.11. The second-order valence-corrected chi connectivity index (χ2v) is 9.65. The fraction of sp³-hybridized carbons (Fsp3) is 0.0833. The number of non-ortho nitro benzene ring substituents is 1. The van der Waals surface area contributed by atoms with Crippen molar-refractivity contribution >= 4 is 75.1 Å². The number of hydrogen-bond acceptors (Lipinski definition) is 6. The summed E-state index contributed by atoms with van der Waals surface area (Å²) >= 11 is 20.1. The summed E-state index contributed by atoms with van der Waals surface area (Å²) in [5.41, 5.74) is 2.64. The Morgan fingerprint density at radius 2 is 1.80 bits per heavy atom. The first-order valence-corrected chi connectivity index (χ1v) is 12.1. The summed E-state index contributed by atoms with van der Waals surface area (Å²) in [6.07, 6.45) is 1.65. The Labute approximate surface area is 219 Å². The van der Waals surface area contributed by atoms with E-state index < -0.39 is 4.92 Å². The molecule has 0 saturated carbocycles. The van der Waals surface area contributed by atoms with Crippen LogP contribution in [0.1, 0.15) is 16.7 Å². The molecule has 35 heavy (non-hydrogen) atoms. The second-order valence-electron chi connectivity index (χ2n) is 7.40. The summed E-state index contributed by atoms with van der Waals surface area (Å²) in [6, 6.07) is 14.7. The van der Waals surface area contributed by atoms with Crippen LogP contribution < -0.4 is 10.1 Å². The molecule has 178 valence electrons. The minimum absolute atomic E-state index is 0.0361. The summed E-state index contributed by atoms with van der Waals surface area (Å²) in [5.74, 6) is -0.0594. The van der Waals surface area contributed by atoms with Gasteiger partial charge in [-0.25, -0.2) is 4.99 Å². The van der Waals surface area contributed by atoms with Gasteiger partial charge in [-0.3, -0.25) is 14.9 Å². The molecule has 0 bridgehead atoms. The van der Waals surface area contributed by atoms with Gasteiger partial charge in [0.25, 0.3) is 11.6 Å². The van der Waals surface area contributed by atoms with Gasteiger partial charge in [0.1, 0.15) is 6.61 Å². The molecule has 1 aliphatic rings. The highest BCUT2D eigenvalue weighted by Gasteiger charge is 2.24. The first-order chi connectivity index (χ1) is 16.7. The zero-order valence-electron chi connectivity index (χ0n) is 18.1. The van der Waals surface area contributed by atoms with E-state index in [0.717, 1.165) is 5.56 Å². The maximum absolute atomic E-state index is 12.5. The van der Waals surface area contributed by atoms with Crippen molar-refractivity contribution in [2.45, 2.75) is 13.5 Å². The number of aliphatic imine (C=N–C) groups is 1. The average molecular weight is 549 g/mol. The molecule has 0 unspecified atom stereocenters. The van der Waals surface area contributed by atoms with E-state index in [0.29, 0.717) is 31.9 Å². The zero-order chi connectivity index (χ0) is 25.1.